The minimum Gasteiger partial charge on any atom is -0.497 e. The first kappa shape index (κ1) is 14.4. The molecule has 4 nitrogen and oxygen atoms in total. The summed E-state index contributed by atoms with van der Waals surface area (Å²) in [6.45, 7) is 3.60. The van der Waals surface area contributed by atoms with Gasteiger partial charge in [0.2, 0.25) is 5.91 Å². The van der Waals surface area contributed by atoms with Crippen LogP contribution in [0.3, 0.4) is 0 Å². The Bertz CT molecular complexity index is 431. The van der Waals surface area contributed by atoms with E-state index in [4.69, 9.17) is 22.7 Å². The number of rotatable bonds is 5. The van der Waals surface area contributed by atoms with Gasteiger partial charge in [-0.1, -0.05) is 24.4 Å². The predicted octanol–water partition coefficient (Wildman–Crippen LogP) is 1.79. The first-order chi connectivity index (χ1) is 8.45. The zero-order chi connectivity index (χ0) is 13.7. The van der Waals surface area contributed by atoms with Gasteiger partial charge in [-0.05, 0) is 31.5 Å². The van der Waals surface area contributed by atoms with Crippen LogP contribution in [0.2, 0.25) is 0 Å². The summed E-state index contributed by atoms with van der Waals surface area (Å²) < 4.78 is 5.08. The fourth-order valence-corrected chi connectivity index (χ4v) is 1.55. The maximum atomic E-state index is 11.8. The Hall–Kier alpha value is -1.62. The van der Waals surface area contributed by atoms with Crippen LogP contribution < -0.4 is 15.8 Å². The quantitative estimate of drug-likeness (QED) is 0.798. The SMILES string of the molecule is COc1ccc(C(C)NC(=O)C(C)C(N)=S)cc1. The molecule has 0 aliphatic rings. The van der Waals surface area contributed by atoms with E-state index in [1.54, 1.807) is 14.0 Å². The first-order valence-electron chi connectivity index (χ1n) is 5.69. The van der Waals surface area contributed by atoms with Crippen molar-refractivity contribution in [3.05, 3.63) is 29.8 Å². The lowest BCUT2D eigenvalue weighted by atomic mass is 10.1. The van der Waals surface area contributed by atoms with Crippen molar-refractivity contribution in [3.63, 3.8) is 0 Å². The number of carbonyl (C=O) groups is 1. The number of nitrogens with one attached hydrogen (secondary N) is 1. The topological polar surface area (TPSA) is 64.3 Å². The van der Waals surface area contributed by atoms with E-state index in [-0.39, 0.29) is 16.9 Å². The highest BCUT2D eigenvalue weighted by atomic mass is 32.1. The van der Waals surface area contributed by atoms with Gasteiger partial charge in [0.05, 0.1) is 24.1 Å². The van der Waals surface area contributed by atoms with Gasteiger partial charge >= 0.3 is 0 Å². The van der Waals surface area contributed by atoms with Gasteiger partial charge in [-0.2, -0.15) is 0 Å². The van der Waals surface area contributed by atoms with Crippen molar-refractivity contribution in [2.24, 2.45) is 11.7 Å². The fraction of sp³-hybridized carbons (Fsp3) is 0.385. The lowest BCUT2D eigenvalue weighted by Crippen LogP contribution is -2.37. The highest BCUT2D eigenvalue weighted by molar-refractivity contribution is 7.80. The molecule has 0 aliphatic carbocycles. The second-order valence-electron chi connectivity index (χ2n) is 4.13. The van der Waals surface area contributed by atoms with E-state index < -0.39 is 5.92 Å². The number of carbonyl (C=O) groups excluding carboxylic acids is 1. The molecule has 0 radical (unpaired) electrons. The van der Waals surface area contributed by atoms with Crippen LogP contribution in [-0.4, -0.2) is 18.0 Å². The third-order valence-corrected chi connectivity index (χ3v) is 3.15. The Balaban J connectivity index is 2.67. The summed E-state index contributed by atoms with van der Waals surface area (Å²) in [4.78, 5) is 12.0. The first-order valence-corrected chi connectivity index (χ1v) is 6.10. The van der Waals surface area contributed by atoms with Gasteiger partial charge < -0.3 is 15.8 Å². The molecule has 2 atom stereocenters. The second kappa shape index (κ2) is 6.35. The fourth-order valence-electron chi connectivity index (χ4n) is 1.44. The van der Waals surface area contributed by atoms with Gasteiger partial charge in [-0.3, -0.25) is 4.79 Å². The van der Waals surface area contributed by atoms with Crippen LogP contribution in [0, 0.1) is 5.92 Å². The number of hydrogen-bond acceptors (Lipinski definition) is 3. The summed E-state index contributed by atoms with van der Waals surface area (Å²) >= 11 is 4.80. The van der Waals surface area contributed by atoms with E-state index in [0.717, 1.165) is 11.3 Å². The molecular formula is C13H18N2O2S. The summed E-state index contributed by atoms with van der Waals surface area (Å²) in [6, 6.07) is 7.44. The zero-order valence-corrected chi connectivity index (χ0v) is 11.6. The Labute approximate surface area is 113 Å². The highest BCUT2D eigenvalue weighted by Crippen LogP contribution is 2.17. The number of hydrogen-bond donors (Lipinski definition) is 2. The van der Waals surface area contributed by atoms with Crippen LogP contribution in [0.5, 0.6) is 5.75 Å². The van der Waals surface area contributed by atoms with Crippen molar-refractivity contribution in [1.82, 2.24) is 5.32 Å². The van der Waals surface area contributed by atoms with E-state index in [1.807, 2.05) is 31.2 Å². The Morgan fingerprint density at radius 2 is 1.89 bits per heavy atom. The minimum atomic E-state index is -0.458. The number of amides is 1. The second-order valence-corrected chi connectivity index (χ2v) is 4.60. The zero-order valence-electron chi connectivity index (χ0n) is 10.8. The maximum Gasteiger partial charge on any atom is 0.230 e. The summed E-state index contributed by atoms with van der Waals surface area (Å²) in [7, 11) is 1.62. The average molecular weight is 266 g/mol. The molecule has 0 saturated heterocycles. The molecule has 0 spiro atoms. The van der Waals surface area contributed by atoms with Crippen LogP contribution in [-0.2, 0) is 4.79 Å². The standard InChI is InChI=1S/C13H18N2O2S/c1-8(12(14)18)13(16)15-9(2)10-4-6-11(17-3)7-5-10/h4-9H,1-3H3,(H2,14,18)(H,15,16). The monoisotopic (exact) mass is 266 g/mol. The Kier molecular flexibility index (Phi) is 5.09. The van der Waals surface area contributed by atoms with Crippen LogP contribution >= 0.6 is 12.2 Å². The van der Waals surface area contributed by atoms with E-state index in [2.05, 4.69) is 5.32 Å². The van der Waals surface area contributed by atoms with Crippen molar-refractivity contribution in [2.75, 3.05) is 7.11 Å². The molecule has 0 aliphatic heterocycles. The Morgan fingerprint density at radius 3 is 2.33 bits per heavy atom. The Morgan fingerprint density at radius 1 is 1.33 bits per heavy atom. The van der Waals surface area contributed by atoms with Crippen molar-refractivity contribution in [1.29, 1.82) is 0 Å². The molecule has 0 fully saturated rings. The van der Waals surface area contributed by atoms with Gasteiger partial charge in [-0.15, -0.1) is 0 Å². The molecule has 2 unspecified atom stereocenters. The largest absolute Gasteiger partial charge is 0.497 e. The average Bonchev–Trinajstić information content (AvgIpc) is 2.37. The van der Waals surface area contributed by atoms with Gasteiger partial charge in [0.1, 0.15) is 5.75 Å². The molecule has 1 aromatic carbocycles. The van der Waals surface area contributed by atoms with E-state index >= 15 is 0 Å². The maximum absolute atomic E-state index is 11.8. The number of ether oxygens (including phenoxy) is 1. The number of thiocarbonyl (C=S) groups is 1. The minimum absolute atomic E-state index is 0.0970. The summed E-state index contributed by atoms with van der Waals surface area (Å²) in [6.07, 6.45) is 0. The molecular weight excluding hydrogens is 248 g/mol. The smallest absolute Gasteiger partial charge is 0.230 e. The van der Waals surface area contributed by atoms with E-state index in [9.17, 15) is 4.79 Å². The number of methoxy groups -OCH3 is 1. The third-order valence-electron chi connectivity index (χ3n) is 2.79. The van der Waals surface area contributed by atoms with E-state index in [1.165, 1.54) is 0 Å². The molecule has 18 heavy (non-hydrogen) atoms. The third kappa shape index (κ3) is 3.70. The van der Waals surface area contributed by atoms with Crippen molar-refractivity contribution < 1.29 is 9.53 Å². The molecule has 0 bridgehead atoms. The lowest BCUT2D eigenvalue weighted by molar-refractivity contribution is -0.123. The molecule has 5 heteroatoms. The molecule has 0 aromatic heterocycles. The molecule has 1 amide bonds. The van der Waals surface area contributed by atoms with Gasteiger partial charge in [0.15, 0.2) is 0 Å². The van der Waals surface area contributed by atoms with Crippen LogP contribution in [0.1, 0.15) is 25.5 Å². The number of benzene rings is 1. The normalized spacial score (nSPS) is 13.5. The summed E-state index contributed by atoms with van der Waals surface area (Å²) in [5, 5.41) is 2.87. The van der Waals surface area contributed by atoms with Crippen LogP contribution in [0.25, 0.3) is 0 Å². The summed E-state index contributed by atoms with van der Waals surface area (Å²) in [5.74, 6) is 0.167. The highest BCUT2D eigenvalue weighted by Gasteiger charge is 2.18. The van der Waals surface area contributed by atoms with Gasteiger partial charge in [0, 0.05) is 0 Å². The predicted molar refractivity (Wildman–Crippen MR) is 75.5 cm³/mol. The van der Waals surface area contributed by atoms with Crippen molar-refractivity contribution in [3.8, 4) is 5.75 Å². The van der Waals surface area contributed by atoms with Gasteiger partial charge in [-0.25, -0.2) is 0 Å². The molecule has 98 valence electrons. The molecule has 3 N–H and O–H groups in total. The molecule has 1 aromatic rings. The van der Waals surface area contributed by atoms with Crippen molar-refractivity contribution >= 4 is 23.1 Å². The number of nitrogens with two attached hydrogens (primary N) is 1. The molecule has 1 rings (SSSR count). The molecule has 0 saturated carbocycles. The lowest BCUT2D eigenvalue weighted by Gasteiger charge is -2.17. The van der Waals surface area contributed by atoms with Crippen LogP contribution in [0.4, 0.5) is 0 Å². The summed E-state index contributed by atoms with van der Waals surface area (Å²) in [5.41, 5.74) is 6.44. The van der Waals surface area contributed by atoms with Crippen LogP contribution in [0.15, 0.2) is 24.3 Å². The molecule has 0 heterocycles. The van der Waals surface area contributed by atoms with Gasteiger partial charge in [0.25, 0.3) is 0 Å². The van der Waals surface area contributed by atoms with Crippen molar-refractivity contribution in [2.45, 2.75) is 19.9 Å². The van der Waals surface area contributed by atoms with E-state index in [0.29, 0.717) is 0 Å².